The quantitative estimate of drug-likeness (QED) is 0.314. The lowest BCUT2D eigenvalue weighted by Gasteiger charge is -2.36. The number of hydrogen-bond acceptors (Lipinski definition) is 3. The van der Waals surface area contributed by atoms with Crippen LogP contribution in [-0.4, -0.2) is 36.1 Å². The molecule has 3 aromatic carbocycles. The summed E-state index contributed by atoms with van der Waals surface area (Å²) in [6.45, 7) is -2.49. The van der Waals surface area contributed by atoms with Crippen molar-refractivity contribution in [1.29, 1.82) is 0 Å². The van der Waals surface area contributed by atoms with Crippen LogP contribution in [0.3, 0.4) is 0 Å². The first-order chi connectivity index (χ1) is 16.8. The molecule has 180 valence electrons. The minimum absolute atomic E-state index is 0.0423. The van der Waals surface area contributed by atoms with Crippen LogP contribution in [-0.2, 0) is 6.42 Å². The maximum absolute atomic E-state index is 13.7. The number of rotatable bonds is 5. The number of carbonyl (C=O) groups excluding carboxylic acids is 1. The van der Waals surface area contributed by atoms with Gasteiger partial charge in [0, 0.05) is 38.8 Å². The fraction of sp³-hybridized carbons (Fsp3) is 0.192. The van der Waals surface area contributed by atoms with E-state index in [2.05, 4.69) is 9.72 Å². The maximum atomic E-state index is 13.7. The fourth-order valence-electron chi connectivity index (χ4n) is 4.63. The number of benzene rings is 3. The van der Waals surface area contributed by atoms with Crippen molar-refractivity contribution < 1.29 is 23.0 Å². The van der Waals surface area contributed by atoms with E-state index in [9.17, 15) is 13.6 Å². The summed E-state index contributed by atoms with van der Waals surface area (Å²) >= 11 is 12.3. The Bertz CT molecular complexity index is 1390. The van der Waals surface area contributed by atoms with Crippen LogP contribution in [0, 0.1) is 0 Å². The first-order valence-corrected chi connectivity index (χ1v) is 11.6. The van der Waals surface area contributed by atoms with Crippen LogP contribution < -0.4 is 9.47 Å². The molecule has 0 saturated carbocycles. The number of ether oxygens (including phenoxy) is 2. The van der Waals surface area contributed by atoms with Gasteiger partial charge in [-0.3, -0.25) is 4.79 Å². The number of methoxy groups -OCH3 is 1. The number of aromatic nitrogens is 1. The van der Waals surface area contributed by atoms with Crippen LogP contribution in [0.15, 0.2) is 60.7 Å². The molecule has 1 atom stereocenters. The molecule has 0 radical (unpaired) electrons. The Labute approximate surface area is 210 Å². The van der Waals surface area contributed by atoms with E-state index in [1.807, 2.05) is 18.2 Å². The first kappa shape index (κ1) is 23.5. The van der Waals surface area contributed by atoms with Gasteiger partial charge in [-0.1, -0.05) is 35.3 Å². The van der Waals surface area contributed by atoms with Crippen LogP contribution in [0.25, 0.3) is 10.9 Å². The number of amides is 1. The highest BCUT2D eigenvalue weighted by Crippen LogP contribution is 2.40. The Kier molecular flexibility index (Phi) is 6.30. The van der Waals surface area contributed by atoms with Crippen LogP contribution in [0.2, 0.25) is 10.0 Å². The van der Waals surface area contributed by atoms with Gasteiger partial charge >= 0.3 is 6.61 Å². The van der Waals surface area contributed by atoms with Crippen molar-refractivity contribution in [3.05, 3.63) is 93.1 Å². The summed E-state index contributed by atoms with van der Waals surface area (Å²) in [7, 11) is 1.61. The van der Waals surface area contributed by atoms with Gasteiger partial charge in [0.15, 0.2) is 0 Å². The van der Waals surface area contributed by atoms with E-state index in [-0.39, 0.29) is 11.7 Å². The van der Waals surface area contributed by atoms with Crippen LogP contribution >= 0.6 is 23.2 Å². The molecule has 0 spiro atoms. The molecule has 0 fully saturated rings. The zero-order valence-electron chi connectivity index (χ0n) is 18.5. The molecular weight excluding hydrogens is 497 g/mol. The largest absolute Gasteiger partial charge is 0.497 e. The molecule has 0 unspecified atom stereocenters. The number of carbonyl (C=O) groups is 1. The van der Waals surface area contributed by atoms with Crippen molar-refractivity contribution in [2.45, 2.75) is 19.1 Å². The zero-order valence-corrected chi connectivity index (χ0v) is 20.0. The molecule has 2 heterocycles. The summed E-state index contributed by atoms with van der Waals surface area (Å²) in [4.78, 5) is 18.9. The molecule has 0 saturated heterocycles. The highest BCUT2D eigenvalue weighted by atomic mass is 35.5. The van der Waals surface area contributed by atoms with Crippen molar-refractivity contribution in [3.8, 4) is 11.5 Å². The Morgan fingerprint density at radius 3 is 2.37 bits per heavy atom. The predicted molar refractivity (Wildman–Crippen MR) is 131 cm³/mol. The summed E-state index contributed by atoms with van der Waals surface area (Å²) in [5.41, 5.74) is 3.95. The van der Waals surface area contributed by atoms with Gasteiger partial charge in [0.2, 0.25) is 0 Å². The second-order valence-electron chi connectivity index (χ2n) is 8.19. The number of nitrogens with one attached hydrogen (secondary N) is 1. The number of halogens is 4. The van der Waals surface area contributed by atoms with E-state index in [4.69, 9.17) is 27.9 Å². The number of alkyl halides is 2. The van der Waals surface area contributed by atoms with Gasteiger partial charge in [-0.2, -0.15) is 8.78 Å². The van der Waals surface area contributed by atoms with Gasteiger partial charge in [-0.25, -0.2) is 0 Å². The minimum Gasteiger partial charge on any atom is -0.497 e. The van der Waals surface area contributed by atoms with Gasteiger partial charge in [0.1, 0.15) is 11.5 Å². The van der Waals surface area contributed by atoms with Gasteiger partial charge in [-0.05, 0) is 66.1 Å². The summed E-state index contributed by atoms with van der Waals surface area (Å²) in [5, 5.41) is 1.74. The highest BCUT2D eigenvalue weighted by molar-refractivity contribution is 6.35. The van der Waals surface area contributed by atoms with Crippen LogP contribution in [0.4, 0.5) is 8.78 Å². The summed E-state index contributed by atoms with van der Waals surface area (Å²) in [6.07, 6.45) is 0.617. The topological polar surface area (TPSA) is 54.6 Å². The molecule has 1 aliphatic heterocycles. The van der Waals surface area contributed by atoms with Gasteiger partial charge in [-0.15, -0.1) is 0 Å². The van der Waals surface area contributed by atoms with E-state index >= 15 is 0 Å². The molecule has 1 N–H and O–H groups in total. The Morgan fingerprint density at radius 1 is 1.03 bits per heavy atom. The predicted octanol–water partition coefficient (Wildman–Crippen LogP) is 6.87. The fourth-order valence-corrected chi connectivity index (χ4v) is 5.16. The number of aromatic amines is 1. The number of H-pyrrole nitrogens is 1. The molecular formula is C26H20Cl2F2N2O3. The monoisotopic (exact) mass is 516 g/mol. The number of fused-ring (bicyclic) bond motifs is 3. The number of nitrogens with zero attached hydrogens (tertiary/aromatic N) is 1. The normalized spacial score (nSPS) is 15.4. The molecule has 1 aliphatic rings. The summed E-state index contributed by atoms with van der Waals surface area (Å²) < 4.78 is 35.2. The van der Waals surface area contributed by atoms with Crippen molar-refractivity contribution in [1.82, 2.24) is 9.88 Å². The molecule has 1 aromatic heterocycles. The van der Waals surface area contributed by atoms with E-state index in [1.54, 1.807) is 42.3 Å². The third-order valence-corrected chi connectivity index (χ3v) is 6.56. The zero-order chi connectivity index (χ0) is 24.7. The molecule has 0 bridgehead atoms. The molecule has 5 rings (SSSR count). The lowest BCUT2D eigenvalue weighted by atomic mass is 9.91. The smallest absolute Gasteiger partial charge is 0.387 e. The van der Waals surface area contributed by atoms with Crippen molar-refractivity contribution in [2.75, 3.05) is 13.7 Å². The molecule has 5 nitrogen and oxygen atoms in total. The molecule has 4 aromatic rings. The van der Waals surface area contributed by atoms with Crippen molar-refractivity contribution >= 4 is 40.0 Å². The standard InChI is InChI=1S/C26H20Cl2F2N2O3/c1-34-19-6-7-22-21(13-19)20-8-9-32(25(33)15-10-16(27)12-17(28)11-15)24(23(20)31-22)14-2-4-18(5-3-14)35-26(29)30/h2-7,10-13,24,26,31H,8-9H2,1H3/t24-/m1/s1. The second-order valence-corrected chi connectivity index (χ2v) is 9.06. The SMILES string of the molecule is COc1ccc2[nH]c3c(c2c1)CCN(C(=O)c1cc(Cl)cc(Cl)c1)[C@@H]3c1ccc(OC(F)F)cc1. The summed E-state index contributed by atoms with van der Waals surface area (Å²) in [5.74, 6) is 0.534. The lowest BCUT2D eigenvalue weighted by molar-refractivity contribution is -0.0498. The average Bonchev–Trinajstić information content (AvgIpc) is 3.20. The number of hydrogen-bond donors (Lipinski definition) is 1. The molecule has 0 aliphatic carbocycles. The minimum atomic E-state index is -2.92. The second kappa shape index (κ2) is 9.40. The Hall–Kier alpha value is -3.29. The molecule has 1 amide bonds. The van der Waals surface area contributed by atoms with Crippen LogP contribution in [0.1, 0.15) is 33.2 Å². The Balaban J connectivity index is 1.63. The van der Waals surface area contributed by atoms with Crippen molar-refractivity contribution in [2.24, 2.45) is 0 Å². The van der Waals surface area contributed by atoms with E-state index in [1.165, 1.54) is 12.1 Å². The average molecular weight is 517 g/mol. The van der Waals surface area contributed by atoms with E-state index in [0.717, 1.165) is 33.5 Å². The Morgan fingerprint density at radius 2 is 1.71 bits per heavy atom. The third kappa shape index (κ3) is 4.54. The first-order valence-electron chi connectivity index (χ1n) is 10.8. The lowest BCUT2D eigenvalue weighted by Crippen LogP contribution is -2.40. The van der Waals surface area contributed by atoms with E-state index in [0.29, 0.717) is 28.6 Å². The summed E-state index contributed by atoms with van der Waals surface area (Å²) in [6, 6.07) is 16.3. The molecule has 35 heavy (non-hydrogen) atoms. The molecule has 9 heteroatoms. The van der Waals surface area contributed by atoms with Gasteiger partial charge in [0.25, 0.3) is 5.91 Å². The third-order valence-electron chi connectivity index (χ3n) is 6.13. The van der Waals surface area contributed by atoms with Crippen LogP contribution in [0.5, 0.6) is 11.5 Å². The highest BCUT2D eigenvalue weighted by Gasteiger charge is 2.35. The van der Waals surface area contributed by atoms with Crippen molar-refractivity contribution in [3.63, 3.8) is 0 Å². The maximum Gasteiger partial charge on any atom is 0.387 e. The van der Waals surface area contributed by atoms with E-state index < -0.39 is 12.7 Å². The van der Waals surface area contributed by atoms with Gasteiger partial charge in [0.05, 0.1) is 13.2 Å². The van der Waals surface area contributed by atoms with Gasteiger partial charge < -0.3 is 19.4 Å².